The van der Waals surface area contributed by atoms with Gasteiger partial charge in [0.25, 0.3) is 0 Å². The maximum absolute atomic E-state index is 8.71. The average Bonchev–Trinajstić information content (AvgIpc) is 2.28. The van der Waals surface area contributed by atoms with Gasteiger partial charge in [0, 0.05) is 28.8 Å². The quantitative estimate of drug-likeness (QED) is 0.904. The lowest BCUT2D eigenvalue weighted by Crippen LogP contribution is -2.31. The monoisotopic (exact) mass is 309 g/mol. The van der Waals surface area contributed by atoms with E-state index < -0.39 is 0 Å². The second-order valence-corrected chi connectivity index (χ2v) is 5.54. The molecule has 1 atom stereocenters. The lowest BCUT2D eigenvalue weighted by molar-refractivity contribution is 0.686. The topological polar surface area (TPSA) is 53.0 Å². The molecule has 1 aromatic carbocycles. The van der Waals surface area contributed by atoms with E-state index in [4.69, 9.17) is 11.0 Å². The van der Waals surface area contributed by atoms with Gasteiger partial charge in [-0.25, -0.2) is 0 Å². The molecule has 0 heterocycles. The Morgan fingerprint density at radius 1 is 1.39 bits per heavy atom. The summed E-state index contributed by atoms with van der Waals surface area (Å²) in [7, 11) is 0. The molecular weight excluding hydrogens is 290 g/mol. The van der Waals surface area contributed by atoms with Crippen molar-refractivity contribution < 1.29 is 0 Å². The lowest BCUT2D eigenvalue weighted by Gasteiger charge is -2.29. The minimum atomic E-state index is 0.0139. The minimum absolute atomic E-state index is 0.0139. The molecule has 0 unspecified atom stereocenters. The predicted octanol–water partition coefficient (Wildman–Crippen LogP) is 3.60. The molecule has 2 N–H and O–H groups in total. The molecule has 0 aliphatic heterocycles. The molecule has 0 saturated carbocycles. The largest absolute Gasteiger partial charge is 0.368 e. The van der Waals surface area contributed by atoms with Crippen LogP contribution in [0.2, 0.25) is 0 Å². The Hall–Kier alpha value is -1.05. The highest BCUT2D eigenvalue weighted by Crippen LogP contribution is 2.28. The Balaban J connectivity index is 3.00. The second-order valence-electron chi connectivity index (χ2n) is 4.69. The van der Waals surface area contributed by atoms with Crippen LogP contribution in [0, 0.1) is 11.3 Å². The SMILES string of the molecule is CC(C)N(CCC#N)c1ccc([C@@H](C)N)c(Br)c1. The van der Waals surface area contributed by atoms with Gasteiger partial charge in [0.2, 0.25) is 0 Å². The van der Waals surface area contributed by atoms with E-state index in [1.165, 1.54) is 0 Å². The van der Waals surface area contributed by atoms with Crippen LogP contribution in [0.5, 0.6) is 0 Å². The first-order chi connectivity index (χ1) is 8.47. The van der Waals surface area contributed by atoms with Crippen molar-refractivity contribution in [2.75, 3.05) is 11.4 Å². The van der Waals surface area contributed by atoms with Crippen LogP contribution in [0.15, 0.2) is 22.7 Å². The summed E-state index contributed by atoms with van der Waals surface area (Å²) in [6, 6.07) is 8.77. The van der Waals surface area contributed by atoms with E-state index in [2.05, 4.69) is 52.9 Å². The fourth-order valence-corrected chi connectivity index (χ4v) is 2.65. The number of benzene rings is 1. The molecule has 0 saturated heterocycles. The van der Waals surface area contributed by atoms with E-state index in [1.807, 2.05) is 13.0 Å². The van der Waals surface area contributed by atoms with E-state index in [-0.39, 0.29) is 6.04 Å². The van der Waals surface area contributed by atoms with E-state index in [1.54, 1.807) is 0 Å². The van der Waals surface area contributed by atoms with Crippen molar-refractivity contribution in [3.63, 3.8) is 0 Å². The normalized spacial score (nSPS) is 12.3. The molecule has 0 aliphatic carbocycles. The summed E-state index contributed by atoms with van der Waals surface area (Å²) in [5, 5.41) is 8.71. The van der Waals surface area contributed by atoms with Crippen LogP contribution in [-0.4, -0.2) is 12.6 Å². The highest BCUT2D eigenvalue weighted by Gasteiger charge is 2.13. The molecule has 1 aromatic rings. The van der Waals surface area contributed by atoms with Crippen LogP contribution < -0.4 is 10.6 Å². The highest BCUT2D eigenvalue weighted by molar-refractivity contribution is 9.10. The van der Waals surface area contributed by atoms with Crippen LogP contribution in [-0.2, 0) is 0 Å². The van der Waals surface area contributed by atoms with Gasteiger partial charge in [0.1, 0.15) is 0 Å². The van der Waals surface area contributed by atoms with Gasteiger partial charge in [0.15, 0.2) is 0 Å². The maximum atomic E-state index is 8.71. The van der Waals surface area contributed by atoms with Gasteiger partial charge < -0.3 is 10.6 Å². The van der Waals surface area contributed by atoms with E-state index in [0.717, 1.165) is 22.3 Å². The van der Waals surface area contributed by atoms with Gasteiger partial charge in [-0.05, 0) is 38.5 Å². The molecule has 0 spiro atoms. The zero-order chi connectivity index (χ0) is 13.7. The average molecular weight is 310 g/mol. The van der Waals surface area contributed by atoms with Crippen LogP contribution in [0.1, 0.15) is 38.8 Å². The molecule has 0 radical (unpaired) electrons. The van der Waals surface area contributed by atoms with Crippen molar-refractivity contribution in [3.05, 3.63) is 28.2 Å². The number of rotatable bonds is 5. The minimum Gasteiger partial charge on any atom is -0.368 e. The van der Waals surface area contributed by atoms with Crippen molar-refractivity contribution in [2.45, 2.75) is 39.3 Å². The van der Waals surface area contributed by atoms with E-state index in [0.29, 0.717) is 12.5 Å². The molecule has 0 bridgehead atoms. The van der Waals surface area contributed by atoms with Gasteiger partial charge >= 0.3 is 0 Å². The summed E-state index contributed by atoms with van der Waals surface area (Å²) in [6.45, 7) is 6.98. The molecule has 98 valence electrons. The Kier molecular flexibility index (Phi) is 5.64. The smallest absolute Gasteiger partial charge is 0.0640 e. The summed E-state index contributed by atoms with van der Waals surface area (Å²) in [4.78, 5) is 2.22. The third kappa shape index (κ3) is 3.72. The Morgan fingerprint density at radius 2 is 2.06 bits per heavy atom. The zero-order valence-corrected chi connectivity index (χ0v) is 12.7. The van der Waals surface area contributed by atoms with Crippen molar-refractivity contribution in [1.29, 1.82) is 5.26 Å². The van der Waals surface area contributed by atoms with Gasteiger partial charge in [-0.1, -0.05) is 22.0 Å². The van der Waals surface area contributed by atoms with Crippen LogP contribution in [0.4, 0.5) is 5.69 Å². The lowest BCUT2D eigenvalue weighted by atomic mass is 10.1. The third-order valence-electron chi connectivity index (χ3n) is 2.89. The molecule has 0 fully saturated rings. The van der Waals surface area contributed by atoms with Crippen LogP contribution >= 0.6 is 15.9 Å². The first-order valence-corrected chi connectivity index (χ1v) is 6.95. The van der Waals surface area contributed by atoms with E-state index in [9.17, 15) is 0 Å². The van der Waals surface area contributed by atoms with Gasteiger partial charge in [0.05, 0.1) is 12.5 Å². The fourth-order valence-electron chi connectivity index (χ4n) is 1.92. The number of nitriles is 1. The highest BCUT2D eigenvalue weighted by atomic mass is 79.9. The van der Waals surface area contributed by atoms with Gasteiger partial charge in [-0.2, -0.15) is 5.26 Å². The Labute approximate surface area is 118 Å². The third-order valence-corrected chi connectivity index (χ3v) is 3.58. The molecular formula is C14H20BrN3. The first kappa shape index (κ1) is 15.0. The molecule has 0 aliphatic rings. The summed E-state index contributed by atoms with van der Waals surface area (Å²) in [5.41, 5.74) is 8.12. The number of hydrogen-bond acceptors (Lipinski definition) is 3. The number of hydrogen-bond donors (Lipinski definition) is 1. The predicted molar refractivity (Wildman–Crippen MR) is 79.5 cm³/mol. The standard InChI is InChI=1S/C14H20BrN3/c1-10(2)18(8-4-7-16)12-5-6-13(11(3)17)14(15)9-12/h5-6,9-11H,4,8,17H2,1-3H3/t11-/m1/s1. The molecule has 0 aromatic heterocycles. The fraction of sp³-hybridized carbons (Fsp3) is 0.500. The van der Waals surface area contributed by atoms with E-state index >= 15 is 0 Å². The molecule has 4 heteroatoms. The summed E-state index contributed by atoms with van der Waals surface area (Å²) < 4.78 is 1.03. The zero-order valence-electron chi connectivity index (χ0n) is 11.2. The van der Waals surface area contributed by atoms with Crippen LogP contribution in [0.3, 0.4) is 0 Å². The molecule has 0 amide bonds. The number of anilines is 1. The van der Waals surface area contributed by atoms with Crippen molar-refractivity contribution in [3.8, 4) is 6.07 Å². The van der Waals surface area contributed by atoms with Crippen LogP contribution in [0.25, 0.3) is 0 Å². The summed E-state index contributed by atoms with van der Waals surface area (Å²) in [5.74, 6) is 0. The number of nitrogens with two attached hydrogens (primary N) is 1. The number of halogens is 1. The summed E-state index contributed by atoms with van der Waals surface area (Å²) >= 11 is 3.56. The molecule has 1 rings (SSSR count). The maximum Gasteiger partial charge on any atom is 0.0640 e. The second kappa shape index (κ2) is 6.77. The van der Waals surface area contributed by atoms with Crippen molar-refractivity contribution in [1.82, 2.24) is 0 Å². The van der Waals surface area contributed by atoms with Crippen molar-refractivity contribution in [2.24, 2.45) is 5.73 Å². The Bertz CT molecular complexity index is 435. The molecule has 18 heavy (non-hydrogen) atoms. The van der Waals surface area contributed by atoms with Crippen molar-refractivity contribution >= 4 is 21.6 Å². The Morgan fingerprint density at radius 3 is 2.50 bits per heavy atom. The van der Waals surface area contributed by atoms with Gasteiger partial charge in [-0.15, -0.1) is 0 Å². The summed E-state index contributed by atoms with van der Waals surface area (Å²) in [6.07, 6.45) is 0.533. The number of nitrogens with zero attached hydrogens (tertiary/aromatic N) is 2. The first-order valence-electron chi connectivity index (χ1n) is 6.16. The molecule has 3 nitrogen and oxygen atoms in total. The van der Waals surface area contributed by atoms with Gasteiger partial charge in [-0.3, -0.25) is 0 Å².